The SMILES string of the molecule is CCCCCCCCC[C-](C)c1ccccc1.O=C(O)CC(=O)O.[Na+]. The first kappa shape index (κ1) is 26.3. The second-order valence-electron chi connectivity index (χ2n) is 5.98. The van der Waals surface area contributed by atoms with Crippen LogP contribution in [0.25, 0.3) is 0 Å². The molecule has 25 heavy (non-hydrogen) atoms. The summed E-state index contributed by atoms with van der Waals surface area (Å²) in [6, 6.07) is 10.8. The van der Waals surface area contributed by atoms with Crippen molar-refractivity contribution < 1.29 is 49.4 Å². The van der Waals surface area contributed by atoms with Gasteiger partial charge in [-0.2, -0.15) is 23.6 Å². The molecule has 0 amide bonds. The summed E-state index contributed by atoms with van der Waals surface area (Å²) < 4.78 is 0. The number of unbranched alkanes of at least 4 members (excludes halogenated alkanes) is 6. The second kappa shape index (κ2) is 17.8. The molecule has 0 unspecified atom stereocenters. The fraction of sp³-hybridized carbons (Fsp3) is 0.550. The molecule has 1 aromatic rings. The Morgan fingerprint density at radius 3 is 1.80 bits per heavy atom. The standard InChI is InChI=1S/C17H27.C3H4O4.Na/c1-3-4-5-6-7-8-10-13-16(2)17-14-11-9-12-15-17;4-2(5)1-3(6)7;/h9,11-12,14-15H,3-8,10,13H2,1-2H3;1H2,(H,4,5)(H,6,7);/q-1;;+1. The topological polar surface area (TPSA) is 74.6 Å². The number of rotatable bonds is 11. The maximum atomic E-state index is 9.43. The molecule has 0 radical (unpaired) electrons. The number of hydrogen-bond donors (Lipinski definition) is 2. The van der Waals surface area contributed by atoms with Gasteiger partial charge in [-0.05, 0) is 0 Å². The average Bonchev–Trinajstić information content (AvgIpc) is 2.54. The van der Waals surface area contributed by atoms with Gasteiger partial charge in [0.05, 0.1) is 0 Å². The molecule has 1 rings (SSSR count). The van der Waals surface area contributed by atoms with Crippen LogP contribution in [0.4, 0.5) is 0 Å². The van der Waals surface area contributed by atoms with Crippen LogP contribution in [0.3, 0.4) is 0 Å². The molecule has 0 saturated heterocycles. The van der Waals surface area contributed by atoms with Crippen molar-refractivity contribution in [3.63, 3.8) is 0 Å². The Kier molecular flexibility index (Phi) is 18.7. The van der Waals surface area contributed by atoms with Crippen molar-refractivity contribution in [1.29, 1.82) is 0 Å². The Morgan fingerprint density at radius 2 is 1.36 bits per heavy atom. The summed E-state index contributed by atoms with van der Waals surface area (Å²) in [5, 5.41) is 15.4. The molecule has 4 nitrogen and oxygen atoms in total. The van der Waals surface area contributed by atoms with Crippen LogP contribution in [-0.4, -0.2) is 22.2 Å². The number of carboxylic acids is 2. The molecule has 0 aliphatic rings. The summed E-state index contributed by atoms with van der Waals surface area (Å²) in [7, 11) is 0. The van der Waals surface area contributed by atoms with E-state index in [4.69, 9.17) is 10.2 Å². The third-order valence-corrected chi connectivity index (χ3v) is 3.72. The van der Waals surface area contributed by atoms with E-state index in [0.717, 1.165) is 0 Å². The molecule has 0 saturated carbocycles. The van der Waals surface area contributed by atoms with E-state index in [0.29, 0.717) is 0 Å². The van der Waals surface area contributed by atoms with Gasteiger partial charge in [-0.15, -0.1) is 12.1 Å². The van der Waals surface area contributed by atoms with E-state index in [-0.39, 0.29) is 29.6 Å². The Balaban J connectivity index is 0. The van der Waals surface area contributed by atoms with Crippen molar-refractivity contribution in [2.24, 2.45) is 0 Å². The number of hydrogen-bond acceptors (Lipinski definition) is 2. The van der Waals surface area contributed by atoms with Gasteiger partial charge >= 0.3 is 41.5 Å². The average molecular weight is 358 g/mol. The van der Waals surface area contributed by atoms with Gasteiger partial charge in [0.25, 0.3) is 0 Å². The molecule has 0 aromatic heterocycles. The molecule has 1 aromatic carbocycles. The number of carbonyl (C=O) groups is 2. The van der Waals surface area contributed by atoms with Crippen molar-refractivity contribution >= 4 is 11.9 Å². The quantitative estimate of drug-likeness (QED) is 0.276. The molecule has 0 bridgehead atoms. The summed E-state index contributed by atoms with van der Waals surface area (Å²) in [5.74, 6) is -1.08. The first-order valence-electron chi connectivity index (χ1n) is 8.78. The van der Waals surface area contributed by atoms with Crippen molar-refractivity contribution in [3.8, 4) is 0 Å². The van der Waals surface area contributed by atoms with E-state index in [2.05, 4.69) is 44.2 Å². The van der Waals surface area contributed by atoms with Gasteiger partial charge in [-0.3, -0.25) is 9.59 Å². The fourth-order valence-corrected chi connectivity index (χ4v) is 2.34. The van der Waals surface area contributed by atoms with Crippen LogP contribution in [0, 0.1) is 5.92 Å². The Morgan fingerprint density at radius 1 is 0.880 bits per heavy atom. The van der Waals surface area contributed by atoms with E-state index in [1.807, 2.05) is 0 Å². The summed E-state index contributed by atoms with van der Waals surface area (Å²) in [4.78, 5) is 18.9. The van der Waals surface area contributed by atoms with Crippen LogP contribution < -0.4 is 29.6 Å². The predicted molar refractivity (Wildman–Crippen MR) is 97.0 cm³/mol. The normalized spacial score (nSPS) is 9.36. The minimum atomic E-state index is -1.31. The van der Waals surface area contributed by atoms with E-state index < -0.39 is 18.4 Å². The van der Waals surface area contributed by atoms with Crippen molar-refractivity contribution in [1.82, 2.24) is 0 Å². The minimum absolute atomic E-state index is 0. The van der Waals surface area contributed by atoms with Crippen LogP contribution in [-0.2, 0) is 9.59 Å². The number of carboxylic acid groups (broad SMARTS) is 2. The van der Waals surface area contributed by atoms with Gasteiger partial charge in [0.1, 0.15) is 6.42 Å². The first-order chi connectivity index (χ1) is 11.5. The van der Waals surface area contributed by atoms with Gasteiger partial charge in [0, 0.05) is 0 Å². The van der Waals surface area contributed by atoms with Crippen LogP contribution in [0.2, 0.25) is 0 Å². The minimum Gasteiger partial charge on any atom is -0.481 e. The van der Waals surface area contributed by atoms with E-state index >= 15 is 0 Å². The van der Waals surface area contributed by atoms with Crippen LogP contribution >= 0.6 is 0 Å². The van der Waals surface area contributed by atoms with Crippen molar-refractivity contribution in [2.75, 3.05) is 0 Å². The van der Waals surface area contributed by atoms with Gasteiger partial charge < -0.3 is 10.2 Å². The Labute approximate surface area is 174 Å². The fourth-order valence-electron chi connectivity index (χ4n) is 2.34. The monoisotopic (exact) mass is 358 g/mol. The molecule has 0 fully saturated rings. The van der Waals surface area contributed by atoms with Crippen LogP contribution in [0.1, 0.15) is 77.2 Å². The van der Waals surface area contributed by atoms with Gasteiger partial charge in [0.2, 0.25) is 0 Å². The van der Waals surface area contributed by atoms with Crippen molar-refractivity contribution in [3.05, 3.63) is 41.8 Å². The Bertz CT molecular complexity index is 436. The molecule has 0 aliphatic heterocycles. The van der Waals surface area contributed by atoms with Crippen LogP contribution in [0.15, 0.2) is 30.3 Å². The first-order valence-corrected chi connectivity index (χ1v) is 8.78. The van der Waals surface area contributed by atoms with E-state index in [1.54, 1.807) is 5.92 Å². The third-order valence-electron chi connectivity index (χ3n) is 3.72. The summed E-state index contributed by atoms with van der Waals surface area (Å²) in [6.45, 7) is 4.55. The number of benzene rings is 1. The van der Waals surface area contributed by atoms with E-state index in [9.17, 15) is 9.59 Å². The summed E-state index contributed by atoms with van der Waals surface area (Å²) in [6.07, 6.45) is 10.2. The van der Waals surface area contributed by atoms with Gasteiger partial charge in [-0.1, -0.05) is 71.3 Å². The Hall–Kier alpha value is -0.970. The zero-order valence-corrected chi connectivity index (χ0v) is 18.0. The molecule has 2 N–H and O–H groups in total. The maximum Gasteiger partial charge on any atom is 1.00 e. The molecule has 5 heteroatoms. The zero-order valence-electron chi connectivity index (χ0n) is 16.0. The number of aliphatic carboxylic acids is 2. The molecule has 136 valence electrons. The molecular weight excluding hydrogens is 327 g/mol. The molecular formula is C20H31NaO4. The predicted octanol–water partition coefficient (Wildman–Crippen LogP) is 2.32. The smallest absolute Gasteiger partial charge is 0.481 e. The van der Waals surface area contributed by atoms with Crippen LogP contribution in [0.5, 0.6) is 0 Å². The van der Waals surface area contributed by atoms with Crippen molar-refractivity contribution in [2.45, 2.75) is 71.6 Å². The molecule has 0 atom stereocenters. The largest absolute Gasteiger partial charge is 1.00 e. The summed E-state index contributed by atoms with van der Waals surface area (Å²) in [5.41, 5.74) is 1.42. The molecule has 0 heterocycles. The zero-order chi connectivity index (χ0) is 18.2. The van der Waals surface area contributed by atoms with Gasteiger partial charge in [0.15, 0.2) is 0 Å². The molecule has 0 spiro atoms. The van der Waals surface area contributed by atoms with Gasteiger partial charge in [-0.25, -0.2) is 0 Å². The summed E-state index contributed by atoms with van der Waals surface area (Å²) >= 11 is 0. The maximum absolute atomic E-state index is 9.43. The second-order valence-corrected chi connectivity index (χ2v) is 5.98. The molecule has 0 aliphatic carbocycles. The van der Waals surface area contributed by atoms with E-state index in [1.165, 1.54) is 56.9 Å². The third kappa shape index (κ3) is 17.6.